The first-order chi connectivity index (χ1) is 7.20. The first kappa shape index (κ1) is 14.3. The third-order valence-electron chi connectivity index (χ3n) is 2.30. The van der Waals surface area contributed by atoms with Crippen molar-refractivity contribution in [3.63, 3.8) is 0 Å². The minimum Gasteiger partial charge on any atom is -0.467 e. The van der Waals surface area contributed by atoms with Gasteiger partial charge in [-0.25, -0.2) is 0 Å². The highest BCUT2D eigenvalue weighted by Crippen LogP contribution is 2.09. The van der Waals surface area contributed by atoms with E-state index in [9.17, 15) is 0 Å². The van der Waals surface area contributed by atoms with Crippen LogP contribution in [-0.2, 0) is 4.74 Å². The number of hydrogen-bond acceptors (Lipinski definition) is 1. The van der Waals surface area contributed by atoms with Crippen LogP contribution >= 0.6 is 0 Å². The van der Waals surface area contributed by atoms with Crippen molar-refractivity contribution in [1.82, 2.24) is 0 Å². The molecule has 1 heteroatoms. The molecule has 0 heterocycles. The summed E-state index contributed by atoms with van der Waals surface area (Å²) in [7, 11) is 0. The molecule has 0 unspecified atom stereocenters. The van der Waals surface area contributed by atoms with Crippen molar-refractivity contribution in [3.05, 3.63) is 23.7 Å². The molecule has 1 nitrogen and oxygen atoms in total. The number of ether oxygens (including phenoxy) is 1. The summed E-state index contributed by atoms with van der Waals surface area (Å²) in [6, 6.07) is 0. The molecule has 0 saturated heterocycles. The van der Waals surface area contributed by atoms with Gasteiger partial charge in [-0.15, -0.1) is 0 Å². The van der Waals surface area contributed by atoms with Crippen molar-refractivity contribution < 1.29 is 4.74 Å². The largest absolute Gasteiger partial charge is 0.467 e. The Kier molecular flexibility index (Phi) is 9.35. The van der Waals surface area contributed by atoms with Gasteiger partial charge in [0.2, 0.25) is 0 Å². The normalized spacial score (nSPS) is 13.1. The predicted octanol–water partition coefficient (Wildman–Crippen LogP) is 5.19. The Labute approximate surface area is 95.2 Å². The molecule has 0 aromatic carbocycles. The van der Waals surface area contributed by atoms with Gasteiger partial charge in [0, 0.05) is 0 Å². The minimum absolute atomic E-state index is 1.04. The molecule has 0 rings (SSSR count). The molecule has 0 amide bonds. The van der Waals surface area contributed by atoms with E-state index in [1.165, 1.54) is 25.7 Å². The molecule has 0 aromatic heterocycles. The Morgan fingerprint density at radius 2 is 1.27 bits per heavy atom. The van der Waals surface area contributed by atoms with Crippen LogP contribution in [0.4, 0.5) is 0 Å². The third-order valence-corrected chi connectivity index (χ3v) is 2.30. The van der Waals surface area contributed by atoms with Crippen LogP contribution in [0.3, 0.4) is 0 Å². The van der Waals surface area contributed by atoms with E-state index in [-0.39, 0.29) is 0 Å². The van der Waals surface area contributed by atoms with Crippen LogP contribution in [0, 0.1) is 0 Å². The smallest absolute Gasteiger partial charge is 0.0965 e. The van der Waals surface area contributed by atoms with E-state index in [1.807, 2.05) is 13.8 Å². The highest BCUT2D eigenvalue weighted by Gasteiger charge is 1.92. The number of allylic oxidation sites excluding steroid dienone is 4. The molecule has 15 heavy (non-hydrogen) atoms. The van der Waals surface area contributed by atoms with E-state index in [1.54, 1.807) is 0 Å². The van der Waals surface area contributed by atoms with E-state index in [0.29, 0.717) is 0 Å². The standard InChI is InChI=1S/C14H26O/c1-5-7-9-11-13(3)15-14(4)12-10-8-6-2/h11-12H,5-10H2,1-4H3. The van der Waals surface area contributed by atoms with Gasteiger partial charge in [0.25, 0.3) is 0 Å². The fraction of sp³-hybridized carbons (Fsp3) is 0.714. The zero-order valence-corrected chi connectivity index (χ0v) is 10.8. The Bertz CT molecular complexity index is 179. The van der Waals surface area contributed by atoms with Crippen LogP contribution < -0.4 is 0 Å². The molecule has 0 aliphatic carbocycles. The average molecular weight is 210 g/mol. The van der Waals surface area contributed by atoms with Gasteiger partial charge in [-0.1, -0.05) is 26.7 Å². The monoisotopic (exact) mass is 210 g/mol. The summed E-state index contributed by atoms with van der Waals surface area (Å²) >= 11 is 0. The molecule has 0 fully saturated rings. The van der Waals surface area contributed by atoms with Crippen molar-refractivity contribution in [3.8, 4) is 0 Å². The SMILES string of the molecule is CCCCC=C(C)OC(C)=CCCCC. The molecule has 0 aromatic rings. The minimum atomic E-state index is 1.04. The zero-order valence-electron chi connectivity index (χ0n) is 10.8. The van der Waals surface area contributed by atoms with E-state index in [4.69, 9.17) is 4.74 Å². The van der Waals surface area contributed by atoms with Crippen LogP contribution in [0.1, 0.15) is 66.2 Å². The first-order valence-electron chi connectivity index (χ1n) is 6.22. The number of rotatable bonds is 8. The van der Waals surface area contributed by atoms with Crippen molar-refractivity contribution in [2.45, 2.75) is 66.2 Å². The maximum absolute atomic E-state index is 5.67. The molecule has 0 spiro atoms. The van der Waals surface area contributed by atoms with Crippen LogP contribution in [0.15, 0.2) is 23.7 Å². The Balaban J connectivity index is 3.78. The highest BCUT2D eigenvalue weighted by atomic mass is 16.5. The lowest BCUT2D eigenvalue weighted by Crippen LogP contribution is -1.86. The Morgan fingerprint density at radius 3 is 1.60 bits per heavy atom. The second-order valence-electron chi connectivity index (χ2n) is 4.02. The van der Waals surface area contributed by atoms with Crippen molar-refractivity contribution in [2.24, 2.45) is 0 Å². The maximum Gasteiger partial charge on any atom is 0.0965 e. The fourth-order valence-electron chi connectivity index (χ4n) is 1.36. The lowest BCUT2D eigenvalue weighted by atomic mass is 10.2. The summed E-state index contributed by atoms with van der Waals surface area (Å²) < 4.78 is 5.67. The van der Waals surface area contributed by atoms with Gasteiger partial charge >= 0.3 is 0 Å². The van der Waals surface area contributed by atoms with Gasteiger partial charge in [-0.05, 0) is 51.7 Å². The molecule has 0 bridgehead atoms. The number of hydrogen-bond donors (Lipinski definition) is 0. The van der Waals surface area contributed by atoms with Crippen LogP contribution in [-0.4, -0.2) is 0 Å². The van der Waals surface area contributed by atoms with Gasteiger partial charge in [0.15, 0.2) is 0 Å². The molecule has 88 valence electrons. The molecule has 0 atom stereocenters. The summed E-state index contributed by atoms with van der Waals surface area (Å²) in [5.74, 6) is 2.07. The molecule has 0 aliphatic heterocycles. The first-order valence-corrected chi connectivity index (χ1v) is 6.22. The molecule has 0 saturated carbocycles. The molecular formula is C14H26O. The summed E-state index contributed by atoms with van der Waals surface area (Å²) in [5, 5.41) is 0. The zero-order chi connectivity index (χ0) is 11.5. The summed E-state index contributed by atoms with van der Waals surface area (Å²) in [6.07, 6.45) is 11.6. The second-order valence-corrected chi connectivity index (χ2v) is 4.02. The van der Waals surface area contributed by atoms with E-state index >= 15 is 0 Å². The van der Waals surface area contributed by atoms with Crippen LogP contribution in [0.25, 0.3) is 0 Å². The van der Waals surface area contributed by atoms with Crippen LogP contribution in [0.5, 0.6) is 0 Å². The summed E-state index contributed by atoms with van der Waals surface area (Å²) in [5.41, 5.74) is 0. The van der Waals surface area contributed by atoms with Crippen molar-refractivity contribution >= 4 is 0 Å². The van der Waals surface area contributed by atoms with Gasteiger partial charge in [0.1, 0.15) is 0 Å². The average Bonchev–Trinajstić information content (AvgIpc) is 2.18. The number of unbranched alkanes of at least 4 members (excludes halogenated alkanes) is 4. The van der Waals surface area contributed by atoms with Crippen molar-refractivity contribution in [1.29, 1.82) is 0 Å². The maximum atomic E-state index is 5.67. The summed E-state index contributed by atoms with van der Waals surface area (Å²) in [6.45, 7) is 8.49. The van der Waals surface area contributed by atoms with E-state index < -0.39 is 0 Å². The molecule has 0 radical (unpaired) electrons. The Hall–Kier alpha value is -0.720. The van der Waals surface area contributed by atoms with E-state index in [0.717, 1.165) is 24.4 Å². The van der Waals surface area contributed by atoms with Gasteiger partial charge in [-0.3, -0.25) is 0 Å². The lowest BCUT2D eigenvalue weighted by molar-refractivity contribution is 0.305. The second kappa shape index (κ2) is 9.82. The van der Waals surface area contributed by atoms with Crippen molar-refractivity contribution in [2.75, 3.05) is 0 Å². The molecular weight excluding hydrogens is 184 g/mol. The lowest BCUT2D eigenvalue weighted by Gasteiger charge is -2.06. The van der Waals surface area contributed by atoms with Gasteiger partial charge < -0.3 is 4.74 Å². The van der Waals surface area contributed by atoms with Crippen LogP contribution in [0.2, 0.25) is 0 Å². The highest BCUT2D eigenvalue weighted by molar-refractivity contribution is 4.97. The topological polar surface area (TPSA) is 9.23 Å². The molecule has 0 aliphatic rings. The van der Waals surface area contributed by atoms with Gasteiger partial charge in [-0.2, -0.15) is 0 Å². The molecule has 0 N–H and O–H groups in total. The predicted molar refractivity (Wildman–Crippen MR) is 67.6 cm³/mol. The van der Waals surface area contributed by atoms with Gasteiger partial charge in [0.05, 0.1) is 11.5 Å². The van der Waals surface area contributed by atoms with E-state index in [2.05, 4.69) is 26.0 Å². The third kappa shape index (κ3) is 9.58. The fourth-order valence-corrected chi connectivity index (χ4v) is 1.36. The Morgan fingerprint density at radius 1 is 0.867 bits per heavy atom. The quantitative estimate of drug-likeness (QED) is 0.395. The summed E-state index contributed by atoms with van der Waals surface area (Å²) in [4.78, 5) is 0.